The minimum atomic E-state index is 0.495. The minimum Gasteiger partial charge on any atom is -0.341 e. The summed E-state index contributed by atoms with van der Waals surface area (Å²) < 4.78 is 2.43. The third kappa shape index (κ3) is 2.59. The SMILES string of the molecule is Cc1ccc2c(c1)cc(CNC(C)C)n2C(C)C. The van der Waals surface area contributed by atoms with Gasteiger partial charge in [-0.2, -0.15) is 0 Å². The van der Waals surface area contributed by atoms with Gasteiger partial charge in [0, 0.05) is 35.2 Å². The molecule has 1 aromatic carbocycles. The second-order valence-electron chi connectivity index (χ2n) is 5.70. The number of nitrogens with zero attached hydrogens (tertiary/aromatic N) is 1. The number of hydrogen-bond donors (Lipinski definition) is 1. The van der Waals surface area contributed by atoms with Crippen molar-refractivity contribution in [3.05, 3.63) is 35.5 Å². The van der Waals surface area contributed by atoms with E-state index in [0.717, 1.165) is 6.54 Å². The first-order valence-corrected chi connectivity index (χ1v) is 6.83. The zero-order valence-electron chi connectivity index (χ0n) is 12.1. The van der Waals surface area contributed by atoms with Gasteiger partial charge in [-0.15, -0.1) is 0 Å². The number of benzene rings is 1. The summed E-state index contributed by atoms with van der Waals surface area (Å²) in [5.41, 5.74) is 4.04. The molecule has 0 saturated carbocycles. The minimum absolute atomic E-state index is 0.495. The normalized spacial score (nSPS) is 11.9. The van der Waals surface area contributed by atoms with Gasteiger partial charge in [0.25, 0.3) is 0 Å². The van der Waals surface area contributed by atoms with E-state index >= 15 is 0 Å². The summed E-state index contributed by atoms with van der Waals surface area (Å²) in [7, 11) is 0. The number of aromatic nitrogens is 1. The second-order valence-corrected chi connectivity index (χ2v) is 5.70. The van der Waals surface area contributed by atoms with Crippen LogP contribution < -0.4 is 5.32 Å². The molecule has 0 atom stereocenters. The predicted molar refractivity (Wildman–Crippen MR) is 79.0 cm³/mol. The highest BCUT2D eigenvalue weighted by molar-refractivity contribution is 5.82. The number of rotatable bonds is 4. The smallest absolute Gasteiger partial charge is 0.0485 e. The molecule has 2 aromatic rings. The van der Waals surface area contributed by atoms with Gasteiger partial charge in [0.05, 0.1) is 0 Å². The van der Waals surface area contributed by atoms with Crippen molar-refractivity contribution < 1.29 is 0 Å². The Labute approximate surface area is 110 Å². The average molecular weight is 244 g/mol. The Morgan fingerprint density at radius 2 is 1.83 bits per heavy atom. The molecule has 0 fully saturated rings. The van der Waals surface area contributed by atoms with Crippen molar-refractivity contribution in [3.63, 3.8) is 0 Å². The van der Waals surface area contributed by atoms with Gasteiger partial charge in [0.1, 0.15) is 0 Å². The van der Waals surface area contributed by atoms with Crippen LogP contribution in [-0.2, 0) is 6.54 Å². The molecule has 0 radical (unpaired) electrons. The Balaban J connectivity index is 2.47. The van der Waals surface area contributed by atoms with Crippen molar-refractivity contribution >= 4 is 10.9 Å². The van der Waals surface area contributed by atoms with Crippen LogP contribution in [0.5, 0.6) is 0 Å². The van der Waals surface area contributed by atoms with Gasteiger partial charge < -0.3 is 9.88 Å². The molecule has 0 aliphatic carbocycles. The van der Waals surface area contributed by atoms with Crippen molar-refractivity contribution in [1.29, 1.82) is 0 Å². The Morgan fingerprint density at radius 3 is 2.44 bits per heavy atom. The highest BCUT2D eigenvalue weighted by atomic mass is 15.0. The van der Waals surface area contributed by atoms with Gasteiger partial charge in [-0.25, -0.2) is 0 Å². The maximum Gasteiger partial charge on any atom is 0.0485 e. The summed E-state index contributed by atoms with van der Waals surface area (Å²) in [5, 5.41) is 4.86. The van der Waals surface area contributed by atoms with Crippen LogP contribution in [0.1, 0.15) is 45.0 Å². The van der Waals surface area contributed by atoms with Crippen LogP contribution in [0.2, 0.25) is 0 Å². The highest BCUT2D eigenvalue weighted by Gasteiger charge is 2.11. The lowest BCUT2D eigenvalue weighted by Crippen LogP contribution is -2.23. The number of nitrogens with one attached hydrogen (secondary N) is 1. The van der Waals surface area contributed by atoms with E-state index in [1.807, 2.05) is 0 Å². The molecule has 0 unspecified atom stereocenters. The molecule has 2 heteroatoms. The molecular formula is C16H24N2. The number of hydrogen-bond acceptors (Lipinski definition) is 1. The third-order valence-corrected chi connectivity index (χ3v) is 3.28. The average Bonchev–Trinajstić information content (AvgIpc) is 2.63. The Bertz CT molecular complexity index is 535. The maximum atomic E-state index is 3.51. The summed E-state index contributed by atoms with van der Waals surface area (Å²) in [6.07, 6.45) is 0. The fraction of sp³-hybridized carbons (Fsp3) is 0.500. The van der Waals surface area contributed by atoms with Gasteiger partial charge in [-0.3, -0.25) is 0 Å². The first-order valence-electron chi connectivity index (χ1n) is 6.83. The zero-order valence-corrected chi connectivity index (χ0v) is 12.1. The van der Waals surface area contributed by atoms with Crippen LogP contribution >= 0.6 is 0 Å². The van der Waals surface area contributed by atoms with Crippen LogP contribution in [0.15, 0.2) is 24.3 Å². The quantitative estimate of drug-likeness (QED) is 0.859. The fourth-order valence-electron chi connectivity index (χ4n) is 2.47. The van der Waals surface area contributed by atoms with Gasteiger partial charge in [-0.1, -0.05) is 25.5 Å². The summed E-state index contributed by atoms with van der Waals surface area (Å²) in [6.45, 7) is 12.0. The van der Waals surface area contributed by atoms with E-state index in [0.29, 0.717) is 12.1 Å². The van der Waals surface area contributed by atoms with E-state index in [9.17, 15) is 0 Å². The van der Waals surface area contributed by atoms with Crippen LogP contribution in [0.4, 0.5) is 0 Å². The molecule has 0 amide bonds. The maximum absolute atomic E-state index is 3.51. The molecule has 0 bridgehead atoms. The van der Waals surface area contributed by atoms with E-state index in [1.54, 1.807) is 0 Å². The van der Waals surface area contributed by atoms with Crippen molar-refractivity contribution in [3.8, 4) is 0 Å². The Hall–Kier alpha value is -1.28. The first kappa shape index (κ1) is 13.2. The molecule has 0 spiro atoms. The van der Waals surface area contributed by atoms with E-state index in [4.69, 9.17) is 0 Å². The summed E-state index contributed by atoms with van der Waals surface area (Å²) in [4.78, 5) is 0. The predicted octanol–water partition coefficient (Wildman–Crippen LogP) is 4.03. The lowest BCUT2D eigenvalue weighted by molar-refractivity contribution is 0.534. The highest BCUT2D eigenvalue weighted by Crippen LogP contribution is 2.25. The lowest BCUT2D eigenvalue weighted by Gasteiger charge is -2.16. The monoisotopic (exact) mass is 244 g/mol. The second kappa shape index (κ2) is 5.15. The standard InChI is InChI=1S/C16H24N2/c1-11(2)17-10-15-9-14-8-13(5)6-7-16(14)18(15)12(3)4/h6-9,11-12,17H,10H2,1-5H3. The summed E-state index contributed by atoms with van der Waals surface area (Å²) >= 11 is 0. The molecule has 2 rings (SSSR count). The molecule has 2 nitrogen and oxygen atoms in total. The van der Waals surface area contributed by atoms with Crippen LogP contribution in [-0.4, -0.2) is 10.6 Å². The third-order valence-electron chi connectivity index (χ3n) is 3.28. The zero-order chi connectivity index (χ0) is 13.3. The van der Waals surface area contributed by atoms with E-state index in [-0.39, 0.29) is 0 Å². The Morgan fingerprint density at radius 1 is 1.11 bits per heavy atom. The van der Waals surface area contributed by atoms with Crippen molar-refractivity contribution in [2.45, 2.75) is 53.2 Å². The molecule has 0 aliphatic heterocycles. The van der Waals surface area contributed by atoms with Crippen LogP contribution in [0.3, 0.4) is 0 Å². The largest absolute Gasteiger partial charge is 0.341 e. The van der Waals surface area contributed by atoms with Gasteiger partial charge in [-0.05, 0) is 39.0 Å². The van der Waals surface area contributed by atoms with Crippen molar-refractivity contribution in [2.75, 3.05) is 0 Å². The molecule has 98 valence electrons. The topological polar surface area (TPSA) is 17.0 Å². The van der Waals surface area contributed by atoms with Gasteiger partial charge >= 0.3 is 0 Å². The van der Waals surface area contributed by atoms with Crippen molar-refractivity contribution in [2.24, 2.45) is 0 Å². The van der Waals surface area contributed by atoms with E-state index in [1.165, 1.54) is 22.2 Å². The molecule has 1 aromatic heterocycles. The molecule has 1 N–H and O–H groups in total. The van der Waals surface area contributed by atoms with Crippen molar-refractivity contribution in [1.82, 2.24) is 9.88 Å². The van der Waals surface area contributed by atoms with E-state index in [2.05, 4.69) is 68.8 Å². The first-order chi connectivity index (χ1) is 8.49. The van der Waals surface area contributed by atoms with Gasteiger partial charge in [0.2, 0.25) is 0 Å². The molecule has 18 heavy (non-hydrogen) atoms. The summed E-state index contributed by atoms with van der Waals surface area (Å²) in [5.74, 6) is 0. The molecule has 0 aliphatic rings. The molecular weight excluding hydrogens is 220 g/mol. The van der Waals surface area contributed by atoms with E-state index < -0.39 is 0 Å². The van der Waals surface area contributed by atoms with Gasteiger partial charge in [0.15, 0.2) is 0 Å². The fourth-order valence-corrected chi connectivity index (χ4v) is 2.47. The Kier molecular flexibility index (Phi) is 3.76. The molecule has 1 heterocycles. The van der Waals surface area contributed by atoms with Crippen LogP contribution in [0.25, 0.3) is 10.9 Å². The number of fused-ring (bicyclic) bond motifs is 1. The number of aryl methyl sites for hydroxylation is 1. The molecule has 0 saturated heterocycles. The van der Waals surface area contributed by atoms with Crippen LogP contribution in [0, 0.1) is 6.92 Å². The summed E-state index contributed by atoms with van der Waals surface area (Å²) in [6, 6.07) is 10.0. The lowest BCUT2D eigenvalue weighted by atomic mass is 10.2.